The van der Waals surface area contributed by atoms with Crippen LogP contribution < -0.4 is 5.32 Å². The number of benzene rings is 2. The summed E-state index contributed by atoms with van der Waals surface area (Å²) in [6.07, 6.45) is 1.25. The van der Waals surface area contributed by atoms with Gasteiger partial charge in [-0.3, -0.25) is 14.9 Å². The third-order valence-corrected chi connectivity index (χ3v) is 3.67. The predicted octanol–water partition coefficient (Wildman–Crippen LogP) is 2.97. The minimum absolute atomic E-state index is 0.132. The molecule has 126 valence electrons. The van der Waals surface area contributed by atoms with Gasteiger partial charge in [-0.15, -0.1) is 0 Å². The van der Waals surface area contributed by atoms with Crippen molar-refractivity contribution in [1.82, 2.24) is 5.32 Å². The fourth-order valence-electron chi connectivity index (χ4n) is 2.35. The number of hydrogen-bond donors (Lipinski definition) is 2. The summed E-state index contributed by atoms with van der Waals surface area (Å²) >= 11 is 0. The van der Waals surface area contributed by atoms with Crippen LogP contribution in [0.3, 0.4) is 0 Å². The summed E-state index contributed by atoms with van der Waals surface area (Å²) in [4.78, 5) is 33.4. The smallest absolute Gasteiger partial charge is 0.335 e. The van der Waals surface area contributed by atoms with E-state index in [1.165, 1.54) is 36.6 Å². The van der Waals surface area contributed by atoms with Crippen molar-refractivity contribution in [2.24, 2.45) is 0 Å². The van der Waals surface area contributed by atoms with Crippen LogP contribution >= 0.6 is 0 Å². The van der Waals surface area contributed by atoms with E-state index in [9.17, 15) is 19.7 Å². The van der Waals surface area contributed by atoms with E-state index in [1.54, 1.807) is 12.1 Å². The van der Waals surface area contributed by atoms with E-state index in [1.807, 2.05) is 0 Å². The first-order chi connectivity index (χ1) is 12.0. The van der Waals surface area contributed by atoms with Crippen LogP contribution in [0.4, 0.5) is 5.69 Å². The Bertz CT molecular complexity index is 974. The summed E-state index contributed by atoms with van der Waals surface area (Å²) in [6, 6.07) is 10.1. The molecule has 1 aromatic heterocycles. The van der Waals surface area contributed by atoms with E-state index < -0.39 is 16.8 Å². The average Bonchev–Trinajstić information content (AvgIpc) is 3.03. The summed E-state index contributed by atoms with van der Waals surface area (Å²) in [5, 5.41) is 22.7. The highest BCUT2D eigenvalue weighted by Crippen LogP contribution is 2.25. The highest BCUT2D eigenvalue weighted by Gasteiger charge is 2.17. The second kappa shape index (κ2) is 6.44. The summed E-state index contributed by atoms with van der Waals surface area (Å²) in [5.41, 5.74) is 1.31. The van der Waals surface area contributed by atoms with Gasteiger partial charge in [0, 0.05) is 24.1 Å². The van der Waals surface area contributed by atoms with E-state index in [-0.39, 0.29) is 23.4 Å². The van der Waals surface area contributed by atoms with Crippen molar-refractivity contribution in [1.29, 1.82) is 0 Å². The van der Waals surface area contributed by atoms with Gasteiger partial charge in [0.1, 0.15) is 11.8 Å². The van der Waals surface area contributed by atoms with Crippen LogP contribution in [0.2, 0.25) is 0 Å². The Morgan fingerprint density at radius 1 is 1.16 bits per heavy atom. The van der Waals surface area contributed by atoms with Crippen molar-refractivity contribution in [2.45, 2.75) is 6.54 Å². The monoisotopic (exact) mass is 340 g/mol. The zero-order chi connectivity index (χ0) is 18.0. The number of carboxylic acids is 1. The molecule has 0 spiro atoms. The average molecular weight is 340 g/mol. The number of rotatable bonds is 5. The molecule has 0 atom stereocenters. The lowest BCUT2D eigenvalue weighted by atomic mass is 10.1. The van der Waals surface area contributed by atoms with Crippen molar-refractivity contribution in [3.05, 3.63) is 75.5 Å². The molecule has 0 aliphatic rings. The maximum atomic E-state index is 12.3. The highest BCUT2D eigenvalue weighted by atomic mass is 16.6. The molecule has 0 aliphatic heterocycles. The van der Waals surface area contributed by atoms with Gasteiger partial charge in [0.25, 0.3) is 11.6 Å². The fraction of sp³-hybridized carbons (Fsp3) is 0.0588. The quantitative estimate of drug-likeness (QED) is 0.544. The lowest BCUT2D eigenvalue weighted by Gasteiger charge is -2.05. The number of hydrogen-bond acceptors (Lipinski definition) is 5. The number of fused-ring (bicyclic) bond motifs is 1. The zero-order valence-corrected chi connectivity index (χ0v) is 12.8. The van der Waals surface area contributed by atoms with Gasteiger partial charge in [0.05, 0.1) is 16.1 Å². The van der Waals surface area contributed by atoms with Crippen LogP contribution in [0.25, 0.3) is 11.0 Å². The van der Waals surface area contributed by atoms with E-state index in [0.717, 1.165) is 5.56 Å². The molecule has 3 rings (SSSR count). The SMILES string of the molecule is O=C(O)c1ccc(CNC(=O)c2coc3ccc([N+](=O)[O-])cc23)cc1. The van der Waals surface area contributed by atoms with Crippen LogP contribution in [-0.4, -0.2) is 21.9 Å². The number of carbonyl (C=O) groups is 2. The molecule has 2 N–H and O–H groups in total. The first-order valence-electron chi connectivity index (χ1n) is 7.22. The number of carbonyl (C=O) groups excluding carboxylic acids is 1. The van der Waals surface area contributed by atoms with Crippen molar-refractivity contribution in [3.8, 4) is 0 Å². The first-order valence-corrected chi connectivity index (χ1v) is 7.22. The number of amides is 1. The van der Waals surface area contributed by atoms with Crippen molar-refractivity contribution in [2.75, 3.05) is 0 Å². The maximum absolute atomic E-state index is 12.3. The number of non-ortho nitro benzene ring substituents is 1. The normalized spacial score (nSPS) is 10.6. The molecule has 1 heterocycles. The molecule has 8 heteroatoms. The third-order valence-electron chi connectivity index (χ3n) is 3.67. The number of aromatic carboxylic acids is 1. The Labute approximate surface area is 140 Å². The number of carboxylic acid groups (broad SMARTS) is 1. The third kappa shape index (κ3) is 3.32. The topological polar surface area (TPSA) is 123 Å². The maximum Gasteiger partial charge on any atom is 0.335 e. The molecule has 1 amide bonds. The Morgan fingerprint density at radius 2 is 1.88 bits per heavy atom. The molecular weight excluding hydrogens is 328 g/mol. The van der Waals surface area contributed by atoms with Crippen LogP contribution in [0.1, 0.15) is 26.3 Å². The van der Waals surface area contributed by atoms with Gasteiger partial charge < -0.3 is 14.8 Å². The molecule has 2 aromatic carbocycles. The standard InChI is InChI=1S/C17H12N2O6/c20-16(18-8-10-1-3-11(4-2-10)17(21)22)14-9-25-15-6-5-12(19(23)24)7-13(14)15/h1-7,9H,8H2,(H,18,20)(H,21,22). The lowest BCUT2D eigenvalue weighted by Crippen LogP contribution is -2.22. The van der Waals surface area contributed by atoms with Gasteiger partial charge in [0.2, 0.25) is 0 Å². The second-order valence-corrected chi connectivity index (χ2v) is 5.27. The zero-order valence-electron chi connectivity index (χ0n) is 12.8. The highest BCUT2D eigenvalue weighted by molar-refractivity contribution is 6.06. The molecule has 0 radical (unpaired) electrons. The molecule has 0 saturated heterocycles. The molecule has 0 unspecified atom stereocenters. The Morgan fingerprint density at radius 3 is 2.52 bits per heavy atom. The summed E-state index contributed by atoms with van der Waals surface area (Å²) in [5.74, 6) is -1.47. The molecule has 0 fully saturated rings. The molecule has 0 aliphatic carbocycles. The predicted molar refractivity (Wildman–Crippen MR) is 87.4 cm³/mol. The van der Waals surface area contributed by atoms with Crippen LogP contribution in [0.15, 0.2) is 53.1 Å². The summed E-state index contributed by atoms with van der Waals surface area (Å²) in [7, 11) is 0. The van der Waals surface area contributed by atoms with Gasteiger partial charge in [0.15, 0.2) is 0 Å². The number of nitrogens with one attached hydrogen (secondary N) is 1. The van der Waals surface area contributed by atoms with Gasteiger partial charge >= 0.3 is 5.97 Å². The Hall–Kier alpha value is -3.68. The lowest BCUT2D eigenvalue weighted by molar-refractivity contribution is -0.384. The van der Waals surface area contributed by atoms with E-state index in [0.29, 0.717) is 11.0 Å². The minimum Gasteiger partial charge on any atom is -0.478 e. The van der Waals surface area contributed by atoms with E-state index in [4.69, 9.17) is 9.52 Å². The molecule has 25 heavy (non-hydrogen) atoms. The number of nitro benzene ring substituents is 1. The number of nitrogens with zero attached hydrogens (tertiary/aromatic N) is 1. The summed E-state index contributed by atoms with van der Waals surface area (Å²) in [6.45, 7) is 0.181. The fourth-order valence-corrected chi connectivity index (χ4v) is 2.35. The first kappa shape index (κ1) is 16.2. The van der Waals surface area contributed by atoms with Crippen molar-refractivity contribution < 1.29 is 24.0 Å². The van der Waals surface area contributed by atoms with Crippen LogP contribution in [-0.2, 0) is 6.54 Å². The number of furan rings is 1. The largest absolute Gasteiger partial charge is 0.478 e. The van der Waals surface area contributed by atoms with Crippen molar-refractivity contribution >= 4 is 28.5 Å². The van der Waals surface area contributed by atoms with Gasteiger partial charge in [-0.2, -0.15) is 0 Å². The molecule has 3 aromatic rings. The second-order valence-electron chi connectivity index (χ2n) is 5.27. The Kier molecular flexibility index (Phi) is 4.17. The minimum atomic E-state index is -1.03. The van der Waals surface area contributed by atoms with Crippen LogP contribution in [0, 0.1) is 10.1 Å². The molecule has 8 nitrogen and oxygen atoms in total. The van der Waals surface area contributed by atoms with Crippen molar-refractivity contribution in [3.63, 3.8) is 0 Å². The van der Waals surface area contributed by atoms with Gasteiger partial charge in [-0.25, -0.2) is 4.79 Å². The molecular formula is C17H12N2O6. The van der Waals surface area contributed by atoms with E-state index >= 15 is 0 Å². The van der Waals surface area contributed by atoms with Gasteiger partial charge in [-0.1, -0.05) is 12.1 Å². The van der Waals surface area contributed by atoms with Crippen LogP contribution in [0.5, 0.6) is 0 Å². The summed E-state index contributed by atoms with van der Waals surface area (Å²) < 4.78 is 5.25. The molecule has 0 saturated carbocycles. The van der Waals surface area contributed by atoms with E-state index in [2.05, 4.69) is 5.32 Å². The number of nitro groups is 1. The molecule has 0 bridgehead atoms. The Balaban J connectivity index is 1.77. The van der Waals surface area contributed by atoms with Gasteiger partial charge in [-0.05, 0) is 23.8 Å².